The van der Waals surface area contributed by atoms with E-state index in [-0.39, 0.29) is 0 Å². The van der Waals surface area contributed by atoms with Crippen LogP contribution in [0.2, 0.25) is 0 Å². The molecule has 0 fully saturated rings. The molecule has 1 N–H and O–H groups in total. The first kappa shape index (κ1) is 13.5. The van der Waals surface area contributed by atoms with Crippen molar-refractivity contribution in [3.63, 3.8) is 0 Å². The van der Waals surface area contributed by atoms with E-state index >= 15 is 0 Å². The number of hydrogen-bond acceptors (Lipinski definition) is 4. The average Bonchev–Trinajstić information content (AvgIpc) is 2.60. The van der Waals surface area contributed by atoms with Crippen LogP contribution in [0.4, 0.5) is 0 Å². The highest BCUT2D eigenvalue weighted by molar-refractivity contribution is 5.86. The van der Waals surface area contributed by atoms with Crippen LogP contribution < -0.4 is 5.36 Å². The van der Waals surface area contributed by atoms with Crippen LogP contribution in [-0.4, -0.2) is 10.2 Å². The molecular weight excluding hydrogens is 288 g/mol. The highest BCUT2D eigenvalue weighted by atomic mass is 16.4. The second-order valence-electron chi connectivity index (χ2n) is 5.51. The fourth-order valence-corrected chi connectivity index (χ4v) is 2.72. The van der Waals surface area contributed by atoms with Crippen LogP contribution in [0, 0.1) is 6.92 Å². The predicted molar refractivity (Wildman–Crippen MR) is 89.0 cm³/mol. The third-order valence-corrected chi connectivity index (χ3v) is 3.89. The zero-order chi connectivity index (χ0) is 15.8. The van der Waals surface area contributed by atoms with Crippen LogP contribution in [0.5, 0.6) is 0 Å². The minimum Gasteiger partial charge on any atom is -0.454 e. The number of nitrogens with zero attached hydrogens (tertiary/aromatic N) is 2. The minimum absolute atomic E-state index is 0.466. The van der Waals surface area contributed by atoms with Crippen molar-refractivity contribution < 1.29 is 9.62 Å². The van der Waals surface area contributed by atoms with Gasteiger partial charge in [0.05, 0.1) is 0 Å². The number of aromatic nitrogens is 1. The van der Waals surface area contributed by atoms with Crippen molar-refractivity contribution in [1.82, 2.24) is 4.98 Å². The highest BCUT2D eigenvalue weighted by Crippen LogP contribution is 2.24. The predicted octanol–water partition coefficient (Wildman–Crippen LogP) is 4.25. The molecule has 0 unspecified atom stereocenters. The van der Waals surface area contributed by atoms with Crippen LogP contribution in [0.25, 0.3) is 33.2 Å². The number of pyridine rings is 1. The summed E-state index contributed by atoms with van der Waals surface area (Å²) in [4.78, 5) is 4.47. The number of rotatable bonds is 1. The molecule has 2 heterocycles. The zero-order valence-electron chi connectivity index (χ0n) is 12.5. The van der Waals surface area contributed by atoms with Gasteiger partial charge in [-0.05, 0) is 30.5 Å². The van der Waals surface area contributed by atoms with Gasteiger partial charge in [-0.25, -0.2) is 0 Å². The standard InChI is InChI=1S/C19H14N2O2/c1-12-6-7-13-11-20-17(9-14(13)8-12)19-10-16(21-22)15-4-2-3-5-18(15)23-19/h2-11,22H,1H3. The van der Waals surface area contributed by atoms with Gasteiger partial charge >= 0.3 is 0 Å². The van der Waals surface area contributed by atoms with Crippen molar-refractivity contribution in [3.8, 4) is 11.5 Å². The van der Waals surface area contributed by atoms with Gasteiger partial charge in [-0.15, -0.1) is 0 Å². The number of hydrogen-bond donors (Lipinski definition) is 1. The lowest BCUT2D eigenvalue weighted by molar-refractivity contribution is 0.302. The molecule has 0 aliphatic carbocycles. The third kappa shape index (κ3) is 2.34. The van der Waals surface area contributed by atoms with Crippen LogP contribution in [0.3, 0.4) is 0 Å². The molecule has 112 valence electrons. The Morgan fingerprint density at radius 1 is 1.00 bits per heavy atom. The van der Waals surface area contributed by atoms with E-state index in [1.54, 1.807) is 6.07 Å². The van der Waals surface area contributed by atoms with Gasteiger partial charge in [0.25, 0.3) is 0 Å². The normalized spacial score (nSPS) is 12.1. The SMILES string of the molecule is Cc1ccc2cnc(-c3cc(=NO)c4ccccc4o3)cc2c1. The maximum atomic E-state index is 9.28. The lowest BCUT2D eigenvalue weighted by atomic mass is 10.1. The molecule has 0 saturated carbocycles. The molecule has 4 heteroatoms. The monoisotopic (exact) mass is 302 g/mol. The maximum absolute atomic E-state index is 9.28. The molecule has 2 aromatic heterocycles. The van der Waals surface area contributed by atoms with E-state index in [9.17, 15) is 5.21 Å². The van der Waals surface area contributed by atoms with Gasteiger partial charge in [0.15, 0.2) is 5.76 Å². The smallest absolute Gasteiger partial charge is 0.155 e. The summed E-state index contributed by atoms with van der Waals surface area (Å²) in [5.41, 5.74) is 2.55. The third-order valence-electron chi connectivity index (χ3n) is 3.89. The Hall–Kier alpha value is -3.14. The molecule has 2 aromatic carbocycles. The summed E-state index contributed by atoms with van der Waals surface area (Å²) >= 11 is 0. The Morgan fingerprint density at radius 3 is 2.74 bits per heavy atom. The molecule has 0 aliphatic heterocycles. The molecule has 0 saturated heterocycles. The average molecular weight is 302 g/mol. The van der Waals surface area contributed by atoms with Gasteiger partial charge in [0.1, 0.15) is 16.6 Å². The van der Waals surface area contributed by atoms with Crippen LogP contribution in [-0.2, 0) is 0 Å². The maximum Gasteiger partial charge on any atom is 0.155 e. The Kier molecular flexibility index (Phi) is 3.08. The first-order valence-electron chi connectivity index (χ1n) is 7.32. The summed E-state index contributed by atoms with van der Waals surface area (Å²) in [6, 6.07) is 17.4. The van der Waals surface area contributed by atoms with E-state index in [0.29, 0.717) is 22.4 Å². The summed E-state index contributed by atoms with van der Waals surface area (Å²) in [5.74, 6) is 0.569. The van der Waals surface area contributed by atoms with Crippen molar-refractivity contribution >= 4 is 21.7 Å². The molecular formula is C19H14N2O2. The Bertz CT molecular complexity index is 1100. The topological polar surface area (TPSA) is 58.6 Å². The van der Waals surface area contributed by atoms with E-state index in [1.807, 2.05) is 42.6 Å². The summed E-state index contributed by atoms with van der Waals surface area (Å²) < 4.78 is 5.94. The molecule has 0 bridgehead atoms. The van der Waals surface area contributed by atoms with Crippen molar-refractivity contribution in [2.45, 2.75) is 6.92 Å². The Balaban J connectivity index is 1.98. The van der Waals surface area contributed by atoms with Crippen molar-refractivity contribution in [2.75, 3.05) is 0 Å². The van der Waals surface area contributed by atoms with Crippen molar-refractivity contribution in [2.24, 2.45) is 5.16 Å². The molecule has 0 aliphatic rings. The van der Waals surface area contributed by atoms with E-state index < -0.39 is 0 Å². The fourth-order valence-electron chi connectivity index (χ4n) is 2.72. The lowest BCUT2D eigenvalue weighted by Crippen LogP contribution is -2.03. The molecule has 4 aromatic rings. The summed E-state index contributed by atoms with van der Waals surface area (Å²) in [7, 11) is 0. The lowest BCUT2D eigenvalue weighted by Gasteiger charge is -2.05. The van der Waals surface area contributed by atoms with Crippen molar-refractivity contribution in [3.05, 3.63) is 71.7 Å². The molecule has 4 nitrogen and oxygen atoms in total. The number of para-hydroxylation sites is 1. The van der Waals surface area contributed by atoms with E-state index in [2.05, 4.69) is 29.2 Å². The number of fused-ring (bicyclic) bond motifs is 2. The first-order valence-corrected chi connectivity index (χ1v) is 7.32. The summed E-state index contributed by atoms with van der Waals surface area (Å²) in [6.45, 7) is 2.06. The zero-order valence-corrected chi connectivity index (χ0v) is 12.5. The van der Waals surface area contributed by atoms with Crippen LogP contribution in [0.15, 0.2) is 70.4 Å². The first-order chi connectivity index (χ1) is 11.2. The second-order valence-corrected chi connectivity index (χ2v) is 5.51. The highest BCUT2D eigenvalue weighted by Gasteiger charge is 2.08. The van der Waals surface area contributed by atoms with Gasteiger partial charge in [-0.3, -0.25) is 4.98 Å². The van der Waals surface area contributed by atoms with Gasteiger partial charge < -0.3 is 9.62 Å². The Morgan fingerprint density at radius 2 is 1.87 bits per heavy atom. The van der Waals surface area contributed by atoms with E-state index in [1.165, 1.54) is 5.56 Å². The van der Waals surface area contributed by atoms with Gasteiger partial charge in [-0.1, -0.05) is 41.1 Å². The van der Waals surface area contributed by atoms with Gasteiger partial charge in [0, 0.05) is 23.0 Å². The van der Waals surface area contributed by atoms with Crippen molar-refractivity contribution in [1.29, 1.82) is 0 Å². The Labute approximate surface area is 132 Å². The molecule has 0 atom stereocenters. The van der Waals surface area contributed by atoms with E-state index in [0.717, 1.165) is 16.2 Å². The largest absolute Gasteiger partial charge is 0.454 e. The molecule has 23 heavy (non-hydrogen) atoms. The van der Waals surface area contributed by atoms with Crippen LogP contribution in [0.1, 0.15) is 5.56 Å². The quantitative estimate of drug-likeness (QED) is 0.422. The van der Waals surface area contributed by atoms with Gasteiger partial charge in [0.2, 0.25) is 0 Å². The minimum atomic E-state index is 0.466. The number of aryl methyl sites for hydroxylation is 1. The summed E-state index contributed by atoms with van der Waals surface area (Å²) in [6.07, 6.45) is 1.82. The molecule has 0 amide bonds. The molecule has 0 radical (unpaired) electrons. The molecule has 4 rings (SSSR count). The van der Waals surface area contributed by atoms with Crippen LogP contribution >= 0.6 is 0 Å². The fraction of sp³-hybridized carbons (Fsp3) is 0.0526. The number of benzene rings is 2. The van der Waals surface area contributed by atoms with E-state index in [4.69, 9.17) is 4.42 Å². The summed E-state index contributed by atoms with van der Waals surface area (Å²) in [5, 5.41) is 16.1. The second kappa shape index (κ2) is 5.25. The van der Waals surface area contributed by atoms with Gasteiger partial charge in [-0.2, -0.15) is 0 Å². The molecule has 0 spiro atoms.